The van der Waals surface area contributed by atoms with Gasteiger partial charge in [-0.2, -0.15) is 4.98 Å². The first kappa shape index (κ1) is 22.4. The van der Waals surface area contributed by atoms with Crippen molar-refractivity contribution in [3.8, 4) is 11.5 Å². The fourth-order valence-electron chi connectivity index (χ4n) is 4.01. The summed E-state index contributed by atoms with van der Waals surface area (Å²) in [6, 6.07) is 5.78. The molecular weight excluding hydrogens is 426 g/mol. The number of carbonyl (C=O) groups is 1. The van der Waals surface area contributed by atoms with Crippen molar-refractivity contribution in [1.29, 1.82) is 0 Å². The molecule has 1 atom stereocenters. The normalized spacial score (nSPS) is 14.1. The van der Waals surface area contributed by atoms with Crippen molar-refractivity contribution in [1.82, 2.24) is 24.9 Å². The van der Waals surface area contributed by atoms with Gasteiger partial charge >= 0.3 is 0 Å². The standard InChI is InChI=1S/C23H29N5O3S/c1-13(2)21(16-6-8-18-19(12-16)31-11-10-30-18)25-20(29)9-7-17-14(3)24-22-26-23(32-5)27-28(22)15(17)4/h6,8,12-13,21H,7,9-11H2,1-5H3,(H,25,29)/t21-/m1/s1. The molecule has 1 N–H and O–H groups in total. The molecule has 0 bridgehead atoms. The molecule has 0 fully saturated rings. The summed E-state index contributed by atoms with van der Waals surface area (Å²) in [4.78, 5) is 21.9. The molecule has 9 heteroatoms. The molecule has 0 unspecified atom stereocenters. The molecule has 3 aromatic rings. The van der Waals surface area contributed by atoms with Crippen LogP contribution >= 0.6 is 11.8 Å². The largest absolute Gasteiger partial charge is 0.486 e. The minimum atomic E-state index is -0.111. The van der Waals surface area contributed by atoms with Crippen molar-refractivity contribution in [2.75, 3.05) is 19.5 Å². The number of aromatic nitrogens is 4. The van der Waals surface area contributed by atoms with Gasteiger partial charge in [0.25, 0.3) is 5.78 Å². The van der Waals surface area contributed by atoms with Crippen LogP contribution in [0.15, 0.2) is 23.4 Å². The third-order valence-electron chi connectivity index (χ3n) is 5.72. The topological polar surface area (TPSA) is 90.6 Å². The molecule has 170 valence electrons. The Kier molecular flexibility index (Phi) is 6.55. The second-order valence-electron chi connectivity index (χ2n) is 8.26. The van der Waals surface area contributed by atoms with Crippen LogP contribution < -0.4 is 14.8 Å². The third-order valence-corrected chi connectivity index (χ3v) is 6.26. The summed E-state index contributed by atoms with van der Waals surface area (Å²) < 4.78 is 13.1. The van der Waals surface area contributed by atoms with Crippen LogP contribution in [-0.2, 0) is 11.2 Å². The summed E-state index contributed by atoms with van der Waals surface area (Å²) in [5.41, 5.74) is 3.90. The van der Waals surface area contributed by atoms with Crippen molar-refractivity contribution < 1.29 is 14.3 Å². The highest BCUT2D eigenvalue weighted by atomic mass is 32.2. The highest BCUT2D eigenvalue weighted by molar-refractivity contribution is 7.98. The number of aryl methyl sites for hydroxylation is 2. The molecule has 1 amide bonds. The molecular formula is C23H29N5O3S. The molecule has 4 rings (SSSR count). The Balaban J connectivity index is 1.48. The van der Waals surface area contributed by atoms with Gasteiger partial charge < -0.3 is 14.8 Å². The van der Waals surface area contributed by atoms with Crippen LogP contribution in [0.1, 0.15) is 48.8 Å². The van der Waals surface area contributed by atoms with Crippen LogP contribution in [0.25, 0.3) is 5.78 Å². The van der Waals surface area contributed by atoms with Gasteiger partial charge in [-0.15, -0.1) is 5.10 Å². The predicted molar refractivity (Wildman–Crippen MR) is 124 cm³/mol. The number of ether oxygens (including phenoxy) is 2. The molecule has 8 nitrogen and oxygen atoms in total. The van der Waals surface area contributed by atoms with Gasteiger partial charge in [0.1, 0.15) is 13.2 Å². The first-order chi connectivity index (χ1) is 15.4. The van der Waals surface area contributed by atoms with Gasteiger partial charge in [0, 0.05) is 17.8 Å². The molecule has 32 heavy (non-hydrogen) atoms. The molecule has 1 aliphatic heterocycles. The average Bonchev–Trinajstić information content (AvgIpc) is 3.20. The zero-order valence-electron chi connectivity index (χ0n) is 19.1. The van der Waals surface area contributed by atoms with E-state index in [2.05, 4.69) is 34.2 Å². The van der Waals surface area contributed by atoms with Crippen LogP contribution in [0, 0.1) is 19.8 Å². The first-order valence-corrected chi connectivity index (χ1v) is 12.1. The lowest BCUT2D eigenvalue weighted by Crippen LogP contribution is -2.32. The monoisotopic (exact) mass is 455 g/mol. The second kappa shape index (κ2) is 9.36. The maximum Gasteiger partial charge on any atom is 0.253 e. The van der Waals surface area contributed by atoms with Crippen molar-refractivity contribution in [2.24, 2.45) is 5.92 Å². The van der Waals surface area contributed by atoms with Crippen LogP contribution in [0.4, 0.5) is 0 Å². The van der Waals surface area contributed by atoms with Gasteiger partial charge in [0.2, 0.25) is 11.1 Å². The molecule has 0 spiro atoms. The first-order valence-electron chi connectivity index (χ1n) is 10.8. The van der Waals surface area contributed by atoms with Crippen molar-refractivity contribution in [3.63, 3.8) is 0 Å². The van der Waals surface area contributed by atoms with Gasteiger partial charge in [-0.1, -0.05) is 31.7 Å². The Bertz CT molecular complexity index is 1140. The number of carbonyl (C=O) groups excluding carboxylic acids is 1. The van der Waals surface area contributed by atoms with Crippen LogP contribution in [0.2, 0.25) is 0 Å². The molecule has 2 aromatic heterocycles. The minimum absolute atomic E-state index is 0.000814. The summed E-state index contributed by atoms with van der Waals surface area (Å²) in [6.45, 7) is 9.25. The quantitative estimate of drug-likeness (QED) is 0.544. The lowest BCUT2D eigenvalue weighted by atomic mass is 9.95. The Morgan fingerprint density at radius 1 is 1.19 bits per heavy atom. The molecule has 0 radical (unpaired) electrons. The Morgan fingerprint density at radius 3 is 2.66 bits per heavy atom. The minimum Gasteiger partial charge on any atom is -0.486 e. The van der Waals surface area contributed by atoms with E-state index in [1.807, 2.05) is 38.3 Å². The van der Waals surface area contributed by atoms with Crippen molar-refractivity contribution in [3.05, 3.63) is 40.7 Å². The van der Waals surface area contributed by atoms with Crippen LogP contribution in [0.3, 0.4) is 0 Å². The number of fused-ring (bicyclic) bond motifs is 2. The molecule has 0 saturated carbocycles. The average molecular weight is 456 g/mol. The van der Waals surface area contributed by atoms with E-state index in [1.54, 1.807) is 4.52 Å². The summed E-state index contributed by atoms with van der Waals surface area (Å²) in [5.74, 6) is 2.30. The maximum absolute atomic E-state index is 12.9. The van der Waals surface area contributed by atoms with Gasteiger partial charge in [-0.3, -0.25) is 4.79 Å². The highest BCUT2D eigenvalue weighted by Gasteiger charge is 2.22. The van der Waals surface area contributed by atoms with E-state index in [4.69, 9.17) is 9.47 Å². The van der Waals surface area contributed by atoms with E-state index in [0.29, 0.717) is 37.0 Å². The molecule has 1 aliphatic rings. The van der Waals surface area contributed by atoms with E-state index >= 15 is 0 Å². The van der Waals surface area contributed by atoms with Crippen LogP contribution in [0.5, 0.6) is 11.5 Å². The summed E-state index contributed by atoms with van der Waals surface area (Å²) in [7, 11) is 0. The third kappa shape index (κ3) is 4.53. The number of amides is 1. The number of rotatable bonds is 7. The fraction of sp³-hybridized carbons (Fsp3) is 0.478. The maximum atomic E-state index is 12.9. The number of nitrogens with zero attached hydrogens (tertiary/aromatic N) is 4. The van der Waals surface area contributed by atoms with Crippen LogP contribution in [-0.4, -0.2) is 45.0 Å². The highest BCUT2D eigenvalue weighted by Crippen LogP contribution is 2.34. The smallest absolute Gasteiger partial charge is 0.253 e. The SMILES string of the molecule is CSc1nc2nc(C)c(CCC(=O)N[C@@H](c3ccc4c(c3)OCCO4)C(C)C)c(C)n2n1. The van der Waals surface area contributed by atoms with E-state index in [0.717, 1.165) is 34.0 Å². The van der Waals surface area contributed by atoms with Gasteiger partial charge in [-0.25, -0.2) is 9.50 Å². The Hall–Kier alpha value is -2.81. The lowest BCUT2D eigenvalue weighted by molar-refractivity contribution is -0.122. The number of hydrogen-bond donors (Lipinski definition) is 1. The van der Waals surface area contributed by atoms with Gasteiger partial charge in [-0.05, 0) is 55.7 Å². The summed E-state index contributed by atoms with van der Waals surface area (Å²) in [5, 5.41) is 8.38. The van der Waals surface area contributed by atoms with Crippen molar-refractivity contribution in [2.45, 2.75) is 51.7 Å². The summed E-state index contributed by atoms with van der Waals surface area (Å²) >= 11 is 1.49. The molecule has 0 saturated heterocycles. The molecule has 1 aromatic carbocycles. The second-order valence-corrected chi connectivity index (χ2v) is 9.04. The zero-order chi connectivity index (χ0) is 22.8. The Morgan fingerprint density at radius 2 is 1.94 bits per heavy atom. The number of benzene rings is 1. The van der Waals surface area contributed by atoms with E-state index in [9.17, 15) is 4.79 Å². The number of nitrogens with one attached hydrogen (secondary N) is 1. The zero-order valence-corrected chi connectivity index (χ0v) is 20.0. The lowest BCUT2D eigenvalue weighted by Gasteiger charge is -2.25. The fourth-order valence-corrected chi connectivity index (χ4v) is 4.35. The molecule has 3 heterocycles. The van der Waals surface area contributed by atoms with E-state index < -0.39 is 0 Å². The van der Waals surface area contributed by atoms with Gasteiger partial charge in [0.05, 0.1) is 6.04 Å². The molecule has 0 aliphatic carbocycles. The van der Waals surface area contributed by atoms with E-state index in [1.165, 1.54) is 11.8 Å². The number of thioether (sulfide) groups is 1. The van der Waals surface area contributed by atoms with Gasteiger partial charge in [0.15, 0.2) is 11.5 Å². The Labute approximate surface area is 192 Å². The van der Waals surface area contributed by atoms with Crippen molar-refractivity contribution >= 4 is 23.4 Å². The summed E-state index contributed by atoms with van der Waals surface area (Å²) in [6.07, 6.45) is 2.90. The van der Waals surface area contributed by atoms with E-state index in [-0.39, 0.29) is 17.9 Å². The predicted octanol–water partition coefficient (Wildman–Crippen LogP) is 3.68. The number of hydrogen-bond acceptors (Lipinski definition) is 7.